The smallest absolute Gasteiger partial charge is 0.208 e. The van der Waals surface area contributed by atoms with Crippen LogP contribution in [0, 0.1) is 0 Å². The van der Waals surface area contributed by atoms with Crippen LogP contribution in [-0.2, 0) is 10.0 Å². The molecule has 0 fully saturated rings. The molecule has 1 N–H and O–H groups in total. The third kappa shape index (κ3) is 7.65. The Kier molecular flexibility index (Phi) is 3.49. The lowest BCUT2D eigenvalue weighted by Crippen LogP contribution is -2.21. The van der Waals surface area contributed by atoms with E-state index in [-0.39, 0.29) is 0 Å². The Bertz CT molecular complexity index is 181. The van der Waals surface area contributed by atoms with E-state index < -0.39 is 10.0 Å². The van der Waals surface area contributed by atoms with Crippen molar-refractivity contribution >= 4 is 10.0 Å². The van der Waals surface area contributed by atoms with Crippen LogP contribution in [0.25, 0.3) is 0 Å². The third-order valence-electron chi connectivity index (χ3n) is 0.699. The molecule has 0 aliphatic rings. The lowest BCUT2D eigenvalue weighted by atomic mass is 10.5. The highest BCUT2D eigenvalue weighted by atomic mass is 32.2. The second-order valence-corrected chi connectivity index (χ2v) is 3.52. The molecule has 0 aromatic carbocycles. The van der Waals surface area contributed by atoms with Crippen LogP contribution in [0.3, 0.4) is 0 Å². The quantitative estimate of drug-likeness (QED) is 0.579. The molecule has 0 atom stereocenters. The van der Waals surface area contributed by atoms with Crippen molar-refractivity contribution in [2.45, 2.75) is 6.92 Å². The van der Waals surface area contributed by atoms with Crippen molar-refractivity contribution in [1.82, 2.24) is 4.72 Å². The van der Waals surface area contributed by atoms with Crippen LogP contribution in [-0.4, -0.2) is 21.2 Å². The van der Waals surface area contributed by atoms with E-state index in [4.69, 9.17) is 0 Å². The van der Waals surface area contributed by atoms with E-state index in [2.05, 4.69) is 4.72 Å². The minimum atomic E-state index is -3.00. The van der Waals surface area contributed by atoms with E-state index in [0.717, 1.165) is 6.26 Å². The Morgan fingerprint density at radius 2 is 2.11 bits per heavy atom. The van der Waals surface area contributed by atoms with Crippen molar-refractivity contribution in [3.8, 4) is 0 Å². The SMILES string of the molecule is CC=CCNS(C)(=O)=O. The summed E-state index contributed by atoms with van der Waals surface area (Å²) < 4.78 is 23.0. The summed E-state index contributed by atoms with van der Waals surface area (Å²) in [5.41, 5.74) is 0. The molecule has 0 radical (unpaired) electrons. The first kappa shape index (κ1) is 8.65. The van der Waals surface area contributed by atoms with Gasteiger partial charge in [0, 0.05) is 6.54 Å². The van der Waals surface area contributed by atoms with Gasteiger partial charge in [0.15, 0.2) is 0 Å². The van der Waals surface area contributed by atoms with Crippen molar-refractivity contribution < 1.29 is 8.42 Å². The molecule has 0 aliphatic carbocycles. The first-order chi connectivity index (χ1) is 4.06. The first-order valence-corrected chi connectivity index (χ1v) is 4.51. The Labute approximate surface area is 55.8 Å². The average Bonchev–Trinajstić information content (AvgIpc) is 1.63. The van der Waals surface area contributed by atoms with Crippen LogP contribution in [0.2, 0.25) is 0 Å². The molecular formula is C5H11NO2S. The van der Waals surface area contributed by atoms with Gasteiger partial charge >= 0.3 is 0 Å². The summed E-state index contributed by atoms with van der Waals surface area (Å²) in [5.74, 6) is 0. The number of allylic oxidation sites excluding steroid dienone is 1. The molecule has 0 amide bonds. The maximum Gasteiger partial charge on any atom is 0.208 e. The number of nitrogens with one attached hydrogen (secondary N) is 1. The zero-order valence-corrected chi connectivity index (χ0v) is 6.40. The van der Waals surface area contributed by atoms with Gasteiger partial charge < -0.3 is 0 Å². The van der Waals surface area contributed by atoms with Crippen molar-refractivity contribution in [1.29, 1.82) is 0 Å². The molecule has 0 heterocycles. The second kappa shape index (κ2) is 3.63. The summed E-state index contributed by atoms with van der Waals surface area (Å²) in [6, 6.07) is 0. The van der Waals surface area contributed by atoms with Gasteiger partial charge in [-0.05, 0) is 6.92 Å². The standard InChI is InChI=1S/C5H11NO2S/c1-3-4-5-6-9(2,7)8/h3-4,6H,5H2,1-2H3. The molecule has 0 aromatic rings. The monoisotopic (exact) mass is 149 g/mol. The van der Waals surface area contributed by atoms with E-state index in [1.807, 2.05) is 6.92 Å². The van der Waals surface area contributed by atoms with E-state index in [1.54, 1.807) is 12.2 Å². The third-order valence-corrected chi connectivity index (χ3v) is 1.39. The van der Waals surface area contributed by atoms with Crippen molar-refractivity contribution in [2.24, 2.45) is 0 Å². The highest BCUT2D eigenvalue weighted by Crippen LogP contribution is 1.73. The van der Waals surface area contributed by atoms with Crippen LogP contribution >= 0.6 is 0 Å². The average molecular weight is 149 g/mol. The fourth-order valence-electron chi connectivity index (χ4n) is 0.317. The summed E-state index contributed by atoms with van der Waals surface area (Å²) >= 11 is 0. The zero-order chi connectivity index (χ0) is 7.33. The molecule has 0 saturated heterocycles. The van der Waals surface area contributed by atoms with Crippen LogP contribution in [0.4, 0.5) is 0 Å². The number of hydrogen-bond donors (Lipinski definition) is 1. The summed E-state index contributed by atoms with van der Waals surface area (Å²) in [4.78, 5) is 0. The Morgan fingerprint density at radius 1 is 1.56 bits per heavy atom. The van der Waals surface area contributed by atoms with Crippen LogP contribution in [0.1, 0.15) is 6.92 Å². The first-order valence-electron chi connectivity index (χ1n) is 2.62. The van der Waals surface area contributed by atoms with Crippen LogP contribution < -0.4 is 4.72 Å². The topological polar surface area (TPSA) is 46.2 Å². The molecule has 0 spiro atoms. The number of sulfonamides is 1. The summed E-state index contributed by atoms with van der Waals surface area (Å²) in [5, 5.41) is 0. The molecular weight excluding hydrogens is 138 g/mol. The van der Waals surface area contributed by atoms with Gasteiger partial charge in [-0.1, -0.05) is 12.2 Å². The van der Waals surface area contributed by atoms with E-state index in [9.17, 15) is 8.42 Å². The molecule has 0 aromatic heterocycles. The summed E-state index contributed by atoms with van der Waals surface area (Å²) in [6.07, 6.45) is 4.66. The lowest BCUT2D eigenvalue weighted by molar-refractivity contribution is 0.592. The largest absolute Gasteiger partial charge is 0.213 e. The van der Waals surface area contributed by atoms with Gasteiger partial charge in [-0.3, -0.25) is 0 Å². The molecule has 0 aliphatic heterocycles. The lowest BCUT2D eigenvalue weighted by Gasteiger charge is -1.93. The summed E-state index contributed by atoms with van der Waals surface area (Å²) in [6.45, 7) is 2.22. The zero-order valence-electron chi connectivity index (χ0n) is 5.59. The Morgan fingerprint density at radius 3 is 2.44 bits per heavy atom. The van der Waals surface area contributed by atoms with E-state index in [0.29, 0.717) is 6.54 Å². The van der Waals surface area contributed by atoms with E-state index in [1.165, 1.54) is 0 Å². The van der Waals surface area contributed by atoms with Gasteiger partial charge in [-0.2, -0.15) is 0 Å². The summed E-state index contributed by atoms with van der Waals surface area (Å²) in [7, 11) is -3.00. The minimum absolute atomic E-state index is 0.384. The molecule has 0 unspecified atom stereocenters. The number of rotatable bonds is 3. The van der Waals surface area contributed by atoms with Gasteiger partial charge in [0.05, 0.1) is 6.26 Å². The second-order valence-electron chi connectivity index (χ2n) is 1.69. The molecule has 0 saturated carbocycles. The van der Waals surface area contributed by atoms with Crippen molar-refractivity contribution in [3.05, 3.63) is 12.2 Å². The predicted octanol–water partition coefficient (Wildman–Crippen LogP) is 0.112. The van der Waals surface area contributed by atoms with Gasteiger partial charge in [-0.15, -0.1) is 0 Å². The highest BCUT2D eigenvalue weighted by molar-refractivity contribution is 7.88. The van der Waals surface area contributed by atoms with Crippen molar-refractivity contribution in [3.63, 3.8) is 0 Å². The predicted molar refractivity (Wildman–Crippen MR) is 37.7 cm³/mol. The molecule has 4 heteroatoms. The maximum atomic E-state index is 10.4. The molecule has 0 rings (SSSR count). The Hall–Kier alpha value is -0.350. The molecule has 3 nitrogen and oxygen atoms in total. The number of hydrogen-bond acceptors (Lipinski definition) is 2. The van der Waals surface area contributed by atoms with Gasteiger partial charge in [0.2, 0.25) is 10.0 Å². The maximum absolute atomic E-state index is 10.4. The minimum Gasteiger partial charge on any atom is -0.213 e. The van der Waals surface area contributed by atoms with Gasteiger partial charge in [0.1, 0.15) is 0 Å². The molecule has 54 valence electrons. The van der Waals surface area contributed by atoms with Gasteiger partial charge in [0.25, 0.3) is 0 Å². The van der Waals surface area contributed by atoms with E-state index >= 15 is 0 Å². The van der Waals surface area contributed by atoms with Gasteiger partial charge in [-0.25, -0.2) is 13.1 Å². The van der Waals surface area contributed by atoms with Crippen molar-refractivity contribution in [2.75, 3.05) is 12.8 Å². The van der Waals surface area contributed by atoms with Crippen LogP contribution in [0.5, 0.6) is 0 Å². The fourth-order valence-corrected chi connectivity index (χ4v) is 0.716. The molecule has 0 bridgehead atoms. The Balaban J connectivity index is 3.53. The fraction of sp³-hybridized carbons (Fsp3) is 0.600. The highest BCUT2D eigenvalue weighted by Gasteiger charge is 1.94. The molecule has 9 heavy (non-hydrogen) atoms. The van der Waals surface area contributed by atoms with Crippen LogP contribution in [0.15, 0.2) is 12.2 Å². The normalized spacial score (nSPS) is 12.7.